The summed E-state index contributed by atoms with van der Waals surface area (Å²) in [5.74, 6) is 1.48. The molecule has 6 heteroatoms. The first-order valence-electron chi connectivity index (χ1n) is 4.95. The van der Waals surface area contributed by atoms with Crippen molar-refractivity contribution in [3.05, 3.63) is 34.1 Å². The van der Waals surface area contributed by atoms with E-state index in [1.807, 2.05) is 25.1 Å². The number of halogens is 1. The Hall–Kier alpha value is -1.56. The molecule has 0 spiro atoms. The Morgan fingerprint density at radius 3 is 2.76 bits per heavy atom. The zero-order chi connectivity index (χ0) is 12.3. The van der Waals surface area contributed by atoms with E-state index in [0.717, 1.165) is 15.9 Å². The predicted octanol–water partition coefficient (Wildman–Crippen LogP) is 2.73. The minimum atomic E-state index is 0.320. The third-order valence-corrected chi connectivity index (χ3v) is 2.87. The third kappa shape index (κ3) is 2.76. The molecule has 0 atom stereocenters. The van der Waals surface area contributed by atoms with Crippen molar-refractivity contribution in [2.24, 2.45) is 0 Å². The second-order valence-electron chi connectivity index (χ2n) is 3.38. The minimum absolute atomic E-state index is 0.320. The Kier molecular flexibility index (Phi) is 3.63. The van der Waals surface area contributed by atoms with Crippen LogP contribution in [0.15, 0.2) is 27.3 Å². The van der Waals surface area contributed by atoms with Gasteiger partial charge in [0.1, 0.15) is 29.5 Å². The van der Waals surface area contributed by atoms with E-state index in [4.69, 9.17) is 9.47 Å². The van der Waals surface area contributed by atoms with Crippen LogP contribution in [0.4, 0.5) is 0 Å². The number of ether oxygens (including phenoxy) is 2. The molecular formula is C11H11BrN2O3. The normalized spacial score (nSPS) is 10.3. The standard InChI is InChI=1S/C11H11BrN2O3/c1-7-10(14-17-13-7)6-16-11-4-3-8(15-2)5-9(11)12/h3-5H,6H2,1-2H3. The first kappa shape index (κ1) is 11.9. The third-order valence-electron chi connectivity index (χ3n) is 2.25. The van der Waals surface area contributed by atoms with Crippen molar-refractivity contribution in [2.75, 3.05) is 7.11 Å². The molecule has 17 heavy (non-hydrogen) atoms. The van der Waals surface area contributed by atoms with Gasteiger partial charge in [0.2, 0.25) is 0 Å². The van der Waals surface area contributed by atoms with Crippen LogP contribution in [0.25, 0.3) is 0 Å². The molecule has 0 unspecified atom stereocenters. The van der Waals surface area contributed by atoms with Gasteiger partial charge in [0, 0.05) is 0 Å². The van der Waals surface area contributed by atoms with Gasteiger partial charge in [-0.25, -0.2) is 4.63 Å². The number of aryl methyl sites for hydroxylation is 1. The van der Waals surface area contributed by atoms with E-state index >= 15 is 0 Å². The van der Waals surface area contributed by atoms with Crippen LogP contribution in [0.5, 0.6) is 11.5 Å². The summed E-state index contributed by atoms with van der Waals surface area (Å²) in [5, 5.41) is 7.42. The Balaban J connectivity index is 2.07. The van der Waals surface area contributed by atoms with Crippen LogP contribution in [-0.4, -0.2) is 17.4 Å². The predicted molar refractivity (Wildman–Crippen MR) is 64.1 cm³/mol. The highest BCUT2D eigenvalue weighted by Crippen LogP contribution is 2.29. The van der Waals surface area contributed by atoms with Gasteiger partial charge in [-0.2, -0.15) is 0 Å². The summed E-state index contributed by atoms with van der Waals surface area (Å²) in [7, 11) is 1.62. The molecular weight excluding hydrogens is 288 g/mol. The summed E-state index contributed by atoms with van der Waals surface area (Å²) in [6.07, 6.45) is 0. The maximum atomic E-state index is 5.60. The van der Waals surface area contributed by atoms with E-state index in [1.165, 1.54) is 0 Å². The van der Waals surface area contributed by atoms with Crippen LogP contribution in [0.1, 0.15) is 11.4 Å². The molecule has 1 heterocycles. The van der Waals surface area contributed by atoms with E-state index in [-0.39, 0.29) is 0 Å². The van der Waals surface area contributed by atoms with Crippen molar-refractivity contribution in [1.82, 2.24) is 10.3 Å². The van der Waals surface area contributed by atoms with Gasteiger partial charge in [-0.15, -0.1) is 0 Å². The average molecular weight is 299 g/mol. The highest BCUT2D eigenvalue weighted by atomic mass is 79.9. The highest BCUT2D eigenvalue weighted by molar-refractivity contribution is 9.10. The van der Waals surface area contributed by atoms with Crippen LogP contribution in [-0.2, 0) is 6.61 Å². The lowest BCUT2D eigenvalue weighted by Crippen LogP contribution is -1.98. The molecule has 90 valence electrons. The van der Waals surface area contributed by atoms with E-state index in [9.17, 15) is 0 Å². The first-order valence-corrected chi connectivity index (χ1v) is 5.74. The van der Waals surface area contributed by atoms with Crippen molar-refractivity contribution in [3.63, 3.8) is 0 Å². The summed E-state index contributed by atoms with van der Waals surface area (Å²) >= 11 is 3.41. The van der Waals surface area contributed by atoms with Crippen molar-refractivity contribution in [3.8, 4) is 11.5 Å². The molecule has 0 radical (unpaired) electrons. The van der Waals surface area contributed by atoms with Crippen LogP contribution in [0.2, 0.25) is 0 Å². The smallest absolute Gasteiger partial charge is 0.145 e. The maximum absolute atomic E-state index is 5.60. The van der Waals surface area contributed by atoms with Crippen molar-refractivity contribution >= 4 is 15.9 Å². The molecule has 0 saturated heterocycles. The van der Waals surface area contributed by atoms with Gasteiger partial charge in [-0.1, -0.05) is 10.3 Å². The Morgan fingerprint density at radius 2 is 2.18 bits per heavy atom. The SMILES string of the molecule is COc1ccc(OCc2nonc2C)c(Br)c1. The fraction of sp³-hybridized carbons (Fsp3) is 0.273. The number of rotatable bonds is 4. The number of nitrogens with zero attached hydrogens (tertiary/aromatic N) is 2. The van der Waals surface area contributed by atoms with E-state index < -0.39 is 0 Å². The van der Waals surface area contributed by atoms with E-state index in [2.05, 4.69) is 30.9 Å². The van der Waals surface area contributed by atoms with Crippen molar-refractivity contribution < 1.29 is 14.1 Å². The lowest BCUT2D eigenvalue weighted by atomic mass is 10.3. The average Bonchev–Trinajstić information content (AvgIpc) is 2.73. The zero-order valence-corrected chi connectivity index (χ0v) is 11.0. The van der Waals surface area contributed by atoms with Gasteiger partial charge in [0.05, 0.1) is 11.6 Å². The maximum Gasteiger partial charge on any atom is 0.145 e. The fourth-order valence-electron chi connectivity index (χ4n) is 1.25. The number of hydrogen-bond donors (Lipinski definition) is 0. The second-order valence-corrected chi connectivity index (χ2v) is 4.24. The van der Waals surface area contributed by atoms with Gasteiger partial charge in [-0.3, -0.25) is 0 Å². The molecule has 1 aromatic heterocycles. The number of aromatic nitrogens is 2. The van der Waals surface area contributed by atoms with Gasteiger partial charge in [-0.05, 0) is 41.1 Å². The molecule has 0 aliphatic carbocycles. The van der Waals surface area contributed by atoms with Gasteiger partial charge in [0.25, 0.3) is 0 Å². The quantitative estimate of drug-likeness (QED) is 0.869. The molecule has 0 fully saturated rings. The molecule has 2 rings (SSSR count). The van der Waals surface area contributed by atoms with Gasteiger partial charge < -0.3 is 9.47 Å². The molecule has 1 aromatic carbocycles. The highest BCUT2D eigenvalue weighted by Gasteiger charge is 2.08. The van der Waals surface area contributed by atoms with E-state index in [0.29, 0.717) is 18.1 Å². The van der Waals surface area contributed by atoms with Gasteiger partial charge in [0.15, 0.2) is 0 Å². The molecule has 2 aromatic rings. The van der Waals surface area contributed by atoms with E-state index in [1.54, 1.807) is 7.11 Å². The minimum Gasteiger partial charge on any atom is -0.497 e. The summed E-state index contributed by atoms with van der Waals surface area (Å²) in [6.45, 7) is 2.14. The molecule has 0 saturated carbocycles. The van der Waals surface area contributed by atoms with Crippen LogP contribution in [0.3, 0.4) is 0 Å². The lowest BCUT2D eigenvalue weighted by Gasteiger charge is -2.08. The topological polar surface area (TPSA) is 57.4 Å². The molecule has 5 nitrogen and oxygen atoms in total. The van der Waals surface area contributed by atoms with Crippen LogP contribution in [0, 0.1) is 6.92 Å². The number of benzene rings is 1. The summed E-state index contributed by atoms with van der Waals surface area (Å²) in [4.78, 5) is 0. The first-order chi connectivity index (χ1) is 8.20. The summed E-state index contributed by atoms with van der Waals surface area (Å²) < 4.78 is 16.1. The van der Waals surface area contributed by atoms with Crippen molar-refractivity contribution in [1.29, 1.82) is 0 Å². The molecule has 0 amide bonds. The number of methoxy groups -OCH3 is 1. The lowest BCUT2D eigenvalue weighted by molar-refractivity contribution is 0.269. The largest absolute Gasteiger partial charge is 0.497 e. The molecule has 0 aliphatic rings. The fourth-order valence-corrected chi connectivity index (χ4v) is 1.72. The Labute approximate surface area is 107 Å². The zero-order valence-electron chi connectivity index (χ0n) is 9.44. The summed E-state index contributed by atoms with van der Waals surface area (Å²) in [6, 6.07) is 5.49. The second kappa shape index (κ2) is 5.18. The molecule has 0 N–H and O–H groups in total. The molecule has 0 bridgehead atoms. The summed E-state index contributed by atoms with van der Waals surface area (Å²) in [5.41, 5.74) is 1.42. The number of hydrogen-bond acceptors (Lipinski definition) is 5. The van der Waals surface area contributed by atoms with Crippen LogP contribution < -0.4 is 9.47 Å². The van der Waals surface area contributed by atoms with Crippen LogP contribution >= 0.6 is 15.9 Å². The molecule has 0 aliphatic heterocycles. The van der Waals surface area contributed by atoms with Gasteiger partial charge >= 0.3 is 0 Å². The Morgan fingerprint density at radius 1 is 1.35 bits per heavy atom. The van der Waals surface area contributed by atoms with Crippen molar-refractivity contribution in [2.45, 2.75) is 13.5 Å². The Bertz CT molecular complexity index is 513. The monoisotopic (exact) mass is 298 g/mol.